The van der Waals surface area contributed by atoms with Gasteiger partial charge in [0.2, 0.25) is 0 Å². The predicted molar refractivity (Wildman–Crippen MR) is 112 cm³/mol. The molecular weight excluding hydrogens is 336 g/mol. The van der Waals surface area contributed by atoms with Crippen LogP contribution in [-0.2, 0) is 9.16 Å². The van der Waals surface area contributed by atoms with Gasteiger partial charge in [-0.15, -0.1) is 0 Å². The number of ether oxygens (including phenoxy) is 1. The number of benzene rings is 2. The maximum atomic E-state index is 6.90. The molecule has 1 aliphatic heterocycles. The smallest absolute Gasteiger partial charge is 0.261 e. The summed E-state index contributed by atoms with van der Waals surface area (Å²) in [7, 11) is -2.34. The van der Waals surface area contributed by atoms with Gasteiger partial charge >= 0.3 is 0 Å². The van der Waals surface area contributed by atoms with Gasteiger partial charge in [0.05, 0.1) is 12.7 Å². The summed E-state index contributed by atoms with van der Waals surface area (Å²) in [6.07, 6.45) is 5.34. The van der Waals surface area contributed by atoms with Gasteiger partial charge in [-0.25, -0.2) is 0 Å². The van der Waals surface area contributed by atoms with E-state index in [1.54, 1.807) is 0 Å². The van der Waals surface area contributed by atoms with E-state index in [0.717, 1.165) is 19.6 Å². The van der Waals surface area contributed by atoms with Gasteiger partial charge in [-0.1, -0.05) is 94.3 Å². The van der Waals surface area contributed by atoms with Crippen LogP contribution in [0.25, 0.3) is 0 Å². The van der Waals surface area contributed by atoms with E-state index in [1.165, 1.54) is 29.6 Å². The standard InChI is InChI=1S/C23H32O2Si/c1-23(2,3)26(21-14-8-4-9-15-21,22-16-10-5-11-17-22)25-18-12-6-7-13-20-19-24-20/h4-5,8-11,14-17,20H,6-7,12-13,18-19H2,1-3H3/t20-/m0/s1. The zero-order valence-electron chi connectivity index (χ0n) is 16.4. The molecule has 0 spiro atoms. The Morgan fingerprint density at radius 1 is 0.885 bits per heavy atom. The largest absolute Gasteiger partial charge is 0.407 e. The third kappa shape index (κ3) is 4.45. The lowest BCUT2D eigenvalue weighted by atomic mass is 10.2. The Kier molecular flexibility index (Phi) is 6.33. The fourth-order valence-corrected chi connectivity index (χ4v) is 8.48. The minimum atomic E-state index is -2.34. The number of epoxide rings is 1. The van der Waals surface area contributed by atoms with Gasteiger partial charge in [0.15, 0.2) is 0 Å². The molecule has 1 aliphatic rings. The van der Waals surface area contributed by atoms with E-state index < -0.39 is 8.32 Å². The van der Waals surface area contributed by atoms with Crippen LogP contribution in [-0.4, -0.2) is 27.6 Å². The van der Waals surface area contributed by atoms with Crippen LogP contribution in [0.15, 0.2) is 60.7 Å². The third-order valence-corrected chi connectivity index (χ3v) is 10.4. The molecule has 3 rings (SSSR count). The highest BCUT2D eigenvalue weighted by atomic mass is 28.4. The van der Waals surface area contributed by atoms with Crippen LogP contribution in [0.3, 0.4) is 0 Å². The molecule has 2 aromatic carbocycles. The van der Waals surface area contributed by atoms with Crippen molar-refractivity contribution in [1.82, 2.24) is 0 Å². The first-order valence-corrected chi connectivity index (χ1v) is 11.8. The van der Waals surface area contributed by atoms with Crippen LogP contribution in [0.4, 0.5) is 0 Å². The van der Waals surface area contributed by atoms with Crippen molar-refractivity contribution in [2.45, 2.75) is 57.6 Å². The Hall–Kier alpha value is -1.42. The van der Waals surface area contributed by atoms with Gasteiger partial charge in [0, 0.05) is 6.61 Å². The first-order chi connectivity index (χ1) is 12.5. The third-order valence-electron chi connectivity index (χ3n) is 5.31. The molecule has 3 heteroatoms. The van der Waals surface area contributed by atoms with Crippen molar-refractivity contribution >= 4 is 18.7 Å². The first-order valence-electron chi connectivity index (χ1n) is 9.91. The number of hydrogen-bond acceptors (Lipinski definition) is 2. The first kappa shape index (κ1) is 19.3. The predicted octanol–water partition coefficient (Wildman–Crippen LogP) is 4.52. The molecule has 140 valence electrons. The second-order valence-corrected chi connectivity index (χ2v) is 12.6. The van der Waals surface area contributed by atoms with Crippen molar-refractivity contribution in [2.75, 3.05) is 13.2 Å². The summed E-state index contributed by atoms with van der Waals surface area (Å²) in [6, 6.07) is 21.8. The molecule has 0 unspecified atom stereocenters. The quantitative estimate of drug-likeness (QED) is 0.369. The van der Waals surface area contributed by atoms with Crippen LogP contribution in [0.5, 0.6) is 0 Å². The second kappa shape index (κ2) is 8.51. The molecule has 0 aromatic heterocycles. The van der Waals surface area contributed by atoms with E-state index >= 15 is 0 Å². The minimum absolute atomic E-state index is 0.0670. The topological polar surface area (TPSA) is 21.8 Å². The molecule has 2 aromatic rings. The van der Waals surface area contributed by atoms with Gasteiger partial charge < -0.3 is 9.16 Å². The SMILES string of the molecule is CC(C)(C)[Si](OCCCCC[C@H]1CO1)(c1ccccc1)c1ccccc1. The summed E-state index contributed by atoms with van der Waals surface area (Å²) in [5, 5.41) is 2.80. The number of rotatable bonds is 9. The Labute approximate surface area is 159 Å². The van der Waals surface area contributed by atoms with E-state index in [2.05, 4.69) is 81.4 Å². The van der Waals surface area contributed by atoms with Crippen LogP contribution in [0.1, 0.15) is 46.5 Å². The molecule has 1 heterocycles. The molecule has 0 saturated carbocycles. The van der Waals surface area contributed by atoms with Gasteiger partial charge in [-0.05, 0) is 28.3 Å². The van der Waals surface area contributed by atoms with Gasteiger partial charge in [-0.2, -0.15) is 0 Å². The highest BCUT2D eigenvalue weighted by Gasteiger charge is 2.49. The molecule has 0 amide bonds. The molecule has 1 saturated heterocycles. The maximum Gasteiger partial charge on any atom is 0.261 e. The Morgan fingerprint density at radius 2 is 1.42 bits per heavy atom. The minimum Gasteiger partial charge on any atom is -0.407 e. The molecular formula is C23H32O2Si. The Morgan fingerprint density at radius 3 is 1.88 bits per heavy atom. The molecule has 0 bridgehead atoms. The van der Waals surface area contributed by atoms with E-state index in [9.17, 15) is 0 Å². The molecule has 1 fully saturated rings. The Balaban J connectivity index is 1.80. The van der Waals surface area contributed by atoms with E-state index in [-0.39, 0.29) is 5.04 Å². The van der Waals surface area contributed by atoms with Crippen molar-refractivity contribution in [2.24, 2.45) is 0 Å². The van der Waals surface area contributed by atoms with Crippen LogP contribution in [0.2, 0.25) is 5.04 Å². The summed E-state index contributed by atoms with van der Waals surface area (Å²) in [5.74, 6) is 0. The monoisotopic (exact) mass is 368 g/mol. The average molecular weight is 369 g/mol. The molecule has 0 N–H and O–H groups in total. The van der Waals surface area contributed by atoms with Crippen LogP contribution < -0.4 is 10.4 Å². The fraction of sp³-hybridized carbons (Fsp3) is 0.478. The van der Waals surface area contributed by atoms with E-state index in [4.69, 9.17) is 9.16 Å². The summed E-state index contributed by atoms with van der Waals surface area (Å²) < 4.78 is 12.2. The van der Waals surface area contributed by atoms with E-state index in [1.807, 2.05) is 0 Å². The summed E-state index contributed by atoms with van der Waals surface area (Å²) >= 11 is 0. The lowest BCUT2D eigenvalue weighted by molar-refractivity contribution is 0.284. The molecule has 0 radical (unpaired) electrons. The highest BCUT2D eigenvalue weighted by Crippen LogP contribution is 2.36. The number of unbranched alkanes of at least 4 members (excludes halogenated alkanes) is 2. The maximum absolute atomic E-state index is 6.90. The van der Waals surface area contributed by atoms with E-state index in [0.29, 0.717) is 6.10 Å². The van der Waals surface area contributed by atoms with Gasteiger partial charge in [0.1, 0.15) is 0 Å². The van der Waals surface area contributed by atoms with Crippen LogP contribution in [0, 0.1) is 0 Å². The van der Waals surface area contributed by atoms with Crippen LogP contribution >= 0.6 is 0 Å². The lowest BCUT2D eigenvalue weighted by Gasteiger charge is -2.43. The van der Waals surface area contributed by atoms with Crippen molar-refractivity contribution in [1.29, 1.82) is 0 Å². The molecule has 1 atom stereocenters. The average Bonchev–Trinajstić information content (AvgIpc) is 3.46. The summed E-state index contributed by atoms with van der Waals surface area (Å²) in [4.78, 5) is 0. The van der Waals surface area contributed by atoms with Crippen molar-refractivity contribution in [3.63, 3.8) is 0 Å². The zero-order chi connectivity index (χ0) is 18.5. The van der Waals surface area contributed by atoms with Gasteiger partial charge in [-0.3, -0.25) is 0 Å². The normalized spacial score (nSPS) is 17.3. The van der Waals surface area contributed by atoms with Crippen molar-refractivity contribution in [3.05, 3.63) is 60.7 Å². The zero-order valence-corrected chi connectivity index (χ0v) is 17.4. The fourth-order valence-electron chi connectivity index (χ4n) is 3.87. The van der Waals surface area contributed by atoms with Crippen molar-refractivity contribution < 1.29 is 9.16 Å². The lowest BCUT2D eigenvalue weighted by Crippen LogP contribution is -2.66. The molecule has 0 aliphatic carbocycles. The highest BCUT2D eigenvalue weighted by molar-refractivity contribution is 6.99. The number of hydrogen-bond donors (Lipinski definition) is 0. The summed E-state index contributed by atoms with van der Waals surface area (Å²) in [6.45, 7) is 8.81. The Bertz CT molecular complexity index is 620. The van der Waals surface area contributed by atoms with Crippen molar-refractivity contribution in [3.8, 4) is 0 Å². The second-order valence-electron chi connectivity index (χ2n) is 8.32. The summed E-state index contributed by atoms with van der Waals surface area (Å²) in [5.41, 5.74) is 0. The molecule has 26 heavy (non-hydrogen) atoms. The molecule has 2 nitrogen and oxygen atoms in total. The van der Waals surface area contributed by atoms with Gasteiger partial charge in [0.25, 0.3) is 8.32 Å².